The van der Waals surface area contributed by atoms with Crippen molar-refractivity contribution in [3.63, 3.8) is 0 Å². The molecular formula is C26H31NO5. The average molecular weight is 438 g/mol. The van der Waals surface area contributed by atoms with Crippen LogP contribution in [0.5, 0.6) is 0 Å². The first kappa shape index (κ1) is 23.5. The number of hydrogen-bond donors (Lipinski definition) is 1. The lowest BCUT2D eigenvalue weighted by molar-refractivity contribution is -0.116. The maximum Gasteiger partial charge on any atom is 0.513 e. The maximum atomic E-state index is 13.2. The number of carbonyl (C=O) groups is 2. The lowest BCUT2D eigenvalue weighted by Gasteiger charge is -2.26. The summed E-state index contributed by atoms with van der Waals surface area (Å²) in [5, 5.41) is 2.94. The third-order valence-electron chi connectivity index (χ3n) is 5.66. The second-order valence-corrected chi connectivity index (χ2v) is 8.26. The number of nitrogens with one attached hydrogen (secondary N) is 1. The van der Waals surface area contributed by atoms with Gasteiger partial charge in [-0.3, -0.25) is 4.79 Å². The number of methoxy groups -OCH3 is 1. The summed E-state index contributed by atoms with van der Waals surface area (Å²) in [6, 6.07) is 12.5. The van der Waals surface area contributed by atoms with Crippen molar-refractivity contribution >= 4 is 17.6 Å². The van der Waals surface area contributed by atoms with Gasteiger partial charge < -0.3 is 19.5 Å². The van der Waals surface area contributed by atoms with Crippen molar-refractivity contribution in [1.29, 1.82) is 0 Å². The summed E-state index contributed by atoms with van der Waals surface area (Å²) in [5.74, 6) is -0.0755. The van der Waals surface area contributed by atoms with Crippen LogP contribution in [0.25, 0.3) is 16.7 Å². The van der Waals surface area contributed by atoms with Crippen molar-refractivity contribution in [3.05, 3.63) is 64.4 Å². The Morgan fingerprint density at radius 3 is 2.34 bits per heavy atom. The van der Waals surface area contributed by atoms with E-state index in [9.17, 15) is 9.59 Å². The van der Waals surface area contributed by atoms with E-state index in [2.05, 4.69) is 48.6 Å². The minimum absolute atomic E-state index is 0.152. The fourth-order valence-corrected chi connectivity index (χ4v) is 4.17. The van der Waals surface area contributed by atoms with Crippen LogP contribution in [-0.2, 0) is 25.4 Å². The second-order valence-electron chi connectivity index (χ2n) is 8.26. The monoisotopic (exact) mass is 437 g/mol. The van der Waals surface area contributed by atoms with Crippen molar-refractivity contribution in [2.45, 2.75) is 46.6 Å². The predicted molar refractivity (Wildman–Crippen MR) is 124 cm³/mol. The van der Waals surface area contributed by atoms with E-state index >= 15 is 0 Å². The Hall–Kier alpha value is -3.12. The molecule has 1 atom stereocenters. The highest BCUT2D eigenvalue weighted by molar-refractivity contribution is 6.24. The maximum absolute atomic E-state index is 13.2. The quantitative estimate of drug-likeness (QED) is 0.620. The summed E-state index contributed by atoms with van der Waals surface area (Å²) in [6.07, 6.45) is -0.133. The third kappa shape index (κ3) is 4.55. The van der Waals surface area contributed by atoms with Crippen LogP contribution in [0.4, 0.5) is 4.79 Å². The van der Waals surface area contributed by atoms with Gasteiger partial charge in [0.15, 0.2) is 5.76 Å². The van der Waals surface area contributed by atoms with Crippen LogP contribution >= 0.6 is 0 Å². The van der Waals surface area contributed by atoms with Crippen molar-refractivity contribution in [2.24, 2.45) is 0 Å². The van der Waals surface area contributed by atoms with Gasteiger partial charge in [-0.05, 0) is 61.9 Å². The molecule has 0 aromatic heterocycles. The van der Waals surface area contributed by atoms with Crippen LogP contribution < -0.4 is 5.32 Å². The molecule has 32 heavy (non-hydrogen) atoms. The van der Waals surface area contributed by atoms with Gasteiger partial charge in [0.05, 0.1) is 18.8 Å². The van der Waals surface area contributed by atoms with Gasteiger partial charge in [-0.15, -0.1) is 0 Å². The molecular weight excluding hydrogens is 406 g/mol. The summed E-state index contributed by atoms with van der Waals surface area (Å²) in [4.78, 5) is 25.4. The predicted octanol–water partition coefficient (Wildman–Crippen LogP) is 4.95. The first-order valence-electron chi connectivity index (χ1n) is 10.9. The Balaban J connectivity index is 2.20. The normalized spacial score (nSPS) is 18.0. The summed E-state index contributed by atoms with van der Waals surface area (Å²) >= 11 is 0. The molecule has 1 unspecified atom stereocenters. The van der Waals surface area contributed by atoms with Crippen molar-refractivity contribution in [2.75, 3.05) is 20.3 Å². The average Bonchev–Trinajstić information content (AvgIpc) is 2.97. The van der Waals surface area contributed by atoms with Gasteiger partial charge in [0.2, 0.25) is 0 Å². The zero-order valence-electron chi connectivity index (χ0n) is 19.6. The zero-order valence-corrected chi connectivity index (χ0v) is 19.6. The topological polar surface area (TPSA) is 73.9 Å². The molecule has 1 aliphatic heterocycles. The summed E-state index contributed by atoms with van der Waals surface area (Å²) in [5.41, 5.74) is 5.45. The second kappa shape index (κ2) is 9.57. The van der Waals surface area contributed by atoms with E-state index in [1.165, 1.54) is 12.7 Å². The Morgan fingerprint density at radius 1 is 1.06 bits per heavy atom. The molecule has 0 aliphatic carbocycles. The van der Waals surface area contributed by atoms with Gasteiger partial charge in [-0.25, -0.2) is 4.79 Å². The highest BCUT2D eigenvalue weighted by Gasteiger charge is 2.46. The van der Waals surface area contributed by atoms with Gasteiger partial charge in [-0.2, -0.15) is 0 Å². The molecule has 0 spiro atoms. The van der Waals surface area contributed by atoms with Gasteiger partial charge in [0.25, 0.3) is 5.91 Å². The van der Waals surface area contributed by atoms with Crippen LogP contribution in [0.3, 0.4) is 0 Å². The Morgan fingerprint density at radius 2 is 1.75 bits per heavy atom. The fourth-order valence-electron chi connectivity index (χ4n) is 4.17. The van der Waals surface area contributed by atoms with Crippen LogP contribution in [0.1, 0.15) is 43.0 Å². The molecule has 0 fully saturated rings. The van der Waals surface area contributed by atoms with Crippen molar-refractivity contribution in [3.8, 4) is 11.1 Å². The molecule has 1 heterocycles. The van der Waals surface area contributed by atoms with E-state index in [1.54, 1.807) is 13.8 Å². The van der Waals surface area contributed by atoms with E-state index < -0.39 is 11.7 Å². The molecule has 0 radical (unpaired) electrons. The zero-order chi connectivity index (χ0) is 23.5. The van der Waals surface area contributed by atoms with E-state index in [1.807, 2.05) is 13.8 Å². The van der Waals surface area contributed by atoms with E-state index in [0.29, 0.717) is 12.0 Å². The lowest BCUT2D eigenvalue weighted by Crippen LogP contribution is -2.46. The van der Waals surface area contributed by atoms with Gasteiger partial charge in [0.1, 0.15) is 5.54 Å². The van der Waals surface area contributed by atoms with E-state index in [4.69, 9.17) is 14.2 Å². The summed E-state index contributed by atoms with van der Waals surface area (Å²) < 4.78 is 15.9. The van der Waals surface area contributed by atoms with Crippen molar-refractivity contribution < 1.29 is 23.8 Å². The highest BCUT2D eigenvalue weighted by Crippen LogP contribution is 2.39. The van der Waals surface area contributed by atoms with Gasteiger partial charge in [0, 0.05) is 7.11 Å². The summed E-state index contributed by atoms with van der Waals surface area (Å²) in [6.45, 7) is 9.88. The van der Waals surface area contributed by atoms with E-state index in [0.717, 1.165) is 27.8 Å². The number of carbonyl (C=O) groups excluding carboxylic acids is 2. The Kier molecular flexibility index (Phi) is 7.04. The number of hydrogen-bond acceptors (Lipinski definition) is 5. The van der Waals surface area contributed by atoms with Gasteiger partial charge in [-0.1, -0.05) is 48.9 Å². The number of rotatable bonds is 7. The fraction of sp³-hybridized carbons (Fsp3) is 0.385. The van der Waals surface area contributed by atoms with Gasteiger partial charge >= 0.3 is 6.16 Å². The third-order valence-corrected chi connectivity index (χ3v) is 5.66. The van der Waals surface area contributed by atoms with E-state index in [-0.39, 0.29) is 24.9 Å². The summed E-state index contributed by atoms with van der Waals surface area (Å²) in [7, 11) is 1.54. The molecule has 6 nitrogen and oxygen atoms in total. The molecule has 2 aromatic rings. The smallest absolute Gasteiger partial charge is 0.434 e. The number of ether oxygens (including phenoxy) is 3. The largest absolute Gasteiger partial charge is 0.513 e. The van der Waals surface area contributed by atoms with Crippen LogP contribution in [-0.4, -0.2) is 37.9 Å². The number of aryl methyl sites for hydroxylation is 3. The Labute approximate surface area is 189 Å². The molecule has 0 saturated carbocycles. The SMILES string of the molecule is CCOC(=O)OC1=C(c2c(C)cc(-c3ccc(C)cc3)cc2CC)C(=O)NC1(C)COC. The molecule has 2 aromatic carbocycles. The van der Waals surface area contributed by atoms with Crippen LogP contribution in [0.2, 0.25) is 0 Å². The molecule has 1 N–H and O–H groups in total. The standard InChI is InChI=1S/C26H31NO5/c1-7-18-14-20(19-11-9-16(3)10-12-19)13-17(4)21(18)22-23(32-25(29)31-8-2)26(5,15-30-6)27-24(22)28/h9-14H,7-8,15H2,1-6H3,(H,27,28). The molecule has 0 bridgehead atoms. The highest BCUT2D eigenvalue weighted by atomic mass is 16.7. The lowest BCUT2D eigenvalue weighted by atomic mass is 9.88. The number of amides is 1. The molecule has 1 amide bonds. The number of benzene rings is 2. The molecule has 6 heteroatoms. The molecule has 3 rings (SSSR count). The molecule has 1 aliphatic rings. The van der Waals surface area contributed by atoms with Crippen molar-refractivity contribution in [1.82, 2.24) is 5.32 Å². The molecule has 170 valence electrons. The minimum atomic E-state index is -0.985. The van der Waals surface area contributed by atoms with Crippen LogP contribution in [0, 0.1) is 13.8 Å². The Bertz CT molecular complexity index is 1050. The minimum Gasteiger partial charge on any atom is -0.434 e. The van der Waals surface area contributed by atoms with Crippen LogP contribution in [0.15, 0.2) is 42.2 Å². The first-order valence-corrected chi connectivity index (χ1v) is 10.9. The molecule has 0 saturated heterocycles. The first-order chi connectivity index (χ1) is 15.2.